The van der Waals surface area contributed by atoms with Crippen molar-refractivity contribution in [2.45, 2.75) is 19.5 Å². The first kappa shape index (κ1) is 22.1. The molecule has 7 heteroatoms. The highest BCUT2D eigenvalue weighted by atomic mass is 79.9. The van der Waals surface area contributed by atoms with E-state index < -0.39 is 0 Å². The summed E-state index contributed by atoms with van der Waals surface area (Å²) >= 11 is 3.49. The van der Waals surface area contributed by atoms with Crippen LogP contribution in [0.2, 0.25) is 0 Å². The minimum Gasteiger partial charge on any atom is -0.493 e. The van der Waals surface area contributed by atoms with E-state index in [0.29, 0.717) is 13.1 Å². The maximum atomic E-state index is 13.0. The largest absolute Gasteiger partial charge is 0.493 e. The molecule has 2 heterocycles. The van der Waals surface area contributed by atoms with Crippen LogP contribution in [-0.2, 0) is 24.3 Å². The molecule has 0 bridgehead atoms. The number of carbonyl (C=O) groups excluding carboxylic acids is 1. The molecule has 0 saturated carbocycles. The van der Waals surface area contributed by atoms with E-state index in [1.54, 1.807) is 14.2 Å². The number of methoxy groups -OCH3 is 2. The third kappa shape index (κ3) is 5.40. The van der Waals surface area contributed by atoms with E-state index in [1.165, 1.54) is 11.1 Å². The summed E-state index contributed by atoms with van der Waals surface area (Å²) in [6, 6.07) is 12.6. The van der Waals surface area contributed by atoms with Gasteiger partial charge in [-0.05, 0) is 47.4 Å². The number of hydrogen-bond donors (Lipinski definition) is 0. The van der Waals surface area contributed by atoms with Crippen LogP contribution in [0.25, 0.3) is 0 Å². The number of piperazine rings is 1. The Hall–Kier alpha value is -2.09. The summed E-state index contributed by atoms with van der Waals surface area (Å²) in [5, 5.41) is 0. The maximum absolute atomic E-state index is 13.0. The molecule has 2 aromatic carbocycles. The normalized spacial score (nSPS) is 17.3. The van der Waals surface area contributed by atoms with Gasteiger partial charge in [-0.3, -0.25) is 14.6 Å². The van der Waals surface area contributed by atoms with Crippen molar-refractivity contribution < 1.29 is 14.3 Å². The number of rotatable bonds is 6. The average molecular weight is 488 g/mol. The Bertz CT molecular complexity index is 911. The molecule has 0 aromatic heterocycles. The summed E-state index contributed by atoms with van der Waals surface area (Å²) in [6.07, 6.45) is 0.850. The fourth-order valence-electron chi connectivity index (χ4n) is 4.34. The fourth-order valence-corrected chi connectivity index (χ4v) is 4.61. The molecule has 1 fully saturated rings. The van der Waals surface area contributed by atoms with Gasteiger partial charge < -0.3 is 14.4 Å². The number of fused-ring (bicyclic) bond motifs is 1. The summed E-state index contributed by atoms with van der Waals surface area (Å²) in [5.74, 6) is 1.68. The zero-order chi connectivity index (χ0) is 21.8. The standard InChI is InChI=1S/C24H30BrN3O3/c1-30-22-13-19-7-8-28(16-20(19)14-23(22)31-2)24(29)17-27-11-9-26(10-12-27)15-18-3-5-21(25)6-4-18/h3-6,13-14H,7-12,15-17H2,1-2H3. The van der Waals surface area contributed by atoms with Crippen LogP contribution in [0.4, 0.5) is 0 Å². The molecule has 1 amide bonds. The molecule has 0 aliphatic carbocycles. The molecule has 0 unspecified atom stereocenters. The zero-order valence-electron chi connectivity index (χ0n) is 18.3. The van der Waals surface area contributed by atoms with Crippen LogP contribution in [0.3, 0.4) is 0 Å². The molecule has 0 N–H and O–H groups in total. The first-order chi connectivity index (χ1) is 15.1. The third-order valence-electron chi connectivity index (χ3n) is 6.21. The van der Waals surface area contributed by atoms with Gasteiger partial charge in [0.1, 0.15) is 0 Å². The Morgan fingerprint density at radius 2 is 1.52 bits per heavy atom. The van der Waals surface area contributed by atoms with Crippen LogP contribution >= 0.6 is 15.9 Å². The Morgan fingerprint density at radius 1 is 0.903 bits per heavy atom. The van der Waals surface area contributed by atoms with Crippen molar-refractivity contribution in [1.29, 1.82) is 0 Å². The lowest BCUT2D eigenvalue weighted by Gasteiger charge is -2.36. The number of hydrogen-bond acceptors (Lipinski definition) is 5. The van der Waals surface area contributed by atoms with Gasteiger partial charge in [-0.25, -0.2) is 0 Å². The Morgan fingerprint density at radius 3 is 2.16 bits per heavy atom. The SMILES string of the molecule is COc1cc2c(cc1OC)CN(C(=O)CN1CCN(Cc3ccc(Br)cc3)CC1)CC2. The van der Waals surface area contributed by atoms with Gasteiger partial charge in [0, 0.05) is 50.3 Å². The van der Waals surface area contributed by atoms with E-state index in [-0.39, 0.29) is 5.91 Å². The molecule has 0 atom stereocenters. The molecule has 4 rings (SSSR count). The molecule has 0 spiro atoms. The van der Waals surface area contributed by atoms with Crippen molar-refractivity contribution in [3.05, 3.63) is 57.6 Å². The van der Waals surface area contributed by atoms with Crippen LogP contribution in [0, 0.1) is 0 Å². The predicted octanol–water partition coefficient (Wildman–Crippen LogP) is 3.17. The molecule has 2 aliphatic heterocycles. The maximum Gasteiger partial charge on any atom is 0.237 e. The number of carbonyl (C=O) groups is 1. The highest BCUT2D eigenvalue weighted by Crippen LogP contribution is 2.33. The van der Waals surface area contributed by atoms with E-state index in [0.717, 1.165) is 67.2 Å². The van der Waals surface area contributed by atoms with Gasteiger partial charge in [-0.15, -0.1) is 0 Å². The highest BCUT2D eigenvalue weighted by molar-refractivity contribution is 9.10. The molecule has 2 aliphatic rings. The second-order valence-corrected chi connectivity index (χ2v) is 9.14. The lowest BCUT2D eigenvalue weighted by molar-refractivity contribution is -0.133. The van der Waals surface area contributed by atoms with Gasteiger partial charge in [-0.1, -0.05) is 28.1 Å². The third-order valence-corrected chi connectivity index (χ3v) is 6.74. The number of ether oxygens (including phenoxy) is 2. The zero-order valence-corrected chi connectivity index (χ0v) is 19.9. The predicted molar refractivity (Wildman–Crippen MR) is 125 cm³/mol. The van der Waals surface area contributed by atoms with E-state index in [4.69, 9.17) is 9.47 Å². The molecule has 166 valence electrons. The topological polar surface area (TPSA) is 45.3 Å². The molecular formula is C24H30BrN3O3. The van der Waals surface area contributed by atoms with Crippen molar-refractivity contribution in [2.75, 3.05) is 53.5 Å². The Balaban J connectivity index is 1.28. The van der Waals surface area contributed by atoms with Gasteiger partial charge >= 0.3 is 0 Å². The summed E-state index contributed by atoms with van der Waals surface area (Å²) in [4.78, 5) is 19.7. The van der Waals surface area contributed by atoms with Gasteiger partial charge in [0.05, 0.1) is 20.8 Å². The van der Waals surface area contributed by atoms with E-state index >= 15 is 0 Å². The smallest absolute Gasteiger partial charge is 0.237 e. The van der Waals surface area contributed by atoms with Crippen LogP contribution in [-0.4, -0.2) is 74.1 Å². The number of nitrogens with zero attached hydrogens (tertiary/aromatic N) is 3. The number of amides is 1. The van der Waals surface area contributed by atoms with Crippen molar-refractivity contribution >= 4 is 21.8 Å². The molecular weight excluding hydrogens is 458 g/mol. The number of halogens is 1. The van der Waals surface area contributed by atoms with Crippen molar-refractivity contribution in [3.63, 3.8) is 0 Å². The van der Waals surface area contributed by atoms with E-state index in [2.05, 4.69) is 50.0 Å². The van der Waals surface area contributed by atoms with Crippen LogP contribution in [0.5, 0.6) is 11.5 Å². The first-order valence-electron chi connectivity index (χ1n) is 10.8. The summed E-state index contributed by atoms with van der Waals surface area (Å²) in [7, 11) is 3.30. The average Bonchev–Trinajstić information content (AvgIpc) is 2.80. The van der Waals surface area contributed by atoms with Gasteiger partial charge in [-0.2, -0.15) is 0 Å². The lowest BCUT2D eigenvalue weighted by Crippen LogP contribution is -2.50. The van der Waals surface area contributed by atoms with Crippen LogP contribution in [0.15, 0.2) is 40.9 Å². The Labute approximate surface area is 192 Å². The second kappa shape index (κ2) is 10.0. The number of benzene rings is 2. The first-order valence-corrected chi connectivity index (χ1v) is 11.6. The highest BCUT2D eigenvalue weighted by Gasteiger charge is 2.25. The molecule has 31 heavy (non-hydrogen) atoms. The van der Waals surface area contributed by atoms with Crippen LogP contribution in [0.1, 0.15) is 16.7 Å². The van der Waals surface area contributed by atoms with E-state index in [1.807, 2.05) is 17.0 Å². The lowest BCUT2D eigenvalue weighted by atomic mass is 9.98. The molecule has 1 saturated heterocycles. The molecule has 0 radical (unpaired) electrons. The fraction of sp³-hybridized carbons (Fsp3) is 0.458. The van der Waals surface area contributed by atoms with Crippen molar-refractivity contribution in [1.82, 2.24) is 14.7 Å². The quantitative estimate of drug-likeness (QED) is 0.625. The summed E-state index contributed by atoms with van der Waals surface area (Å²) in [5.41, 5.74) is 3.71. The second-order valence-electron chi connectivity index (χ2n) is 8.22. The van der Waals surface area contributed by atoms with Crippen molar-refractivity contribution in [2.24, 2.45) is 0 Å². The summed E-state index contributed by atoms with van der Waals surface area (Å²) < 4.78 is 12.0. The minimum absolute atomic E-state index is 0.210. The molecule has 2 aromatic rings. The monoisotopic (exact) mass is 487 g/mol. The van der Waals surface area contributed by atoms with Gasteiger partial charge in [0.15, 0.2) is 11.5 Å². The van der Waals surface area contributed by atoms with Gasteiger partial charge in [0.25, 0.3) is 0 Å². The van der Waals surface area contributed by atoms with Crippen LogP contribution < -0.4 is 9.47 Å². The summed E-state index contributed by atoms with van der Waals surface area (Å²) in [6.45, 7) is 6.68. The minimum atomic E-state index is 0.210. The van der Waals surface area contributed by atoms with Gasteiger partial charge in [0.2, 0.25) is 5.91 Å². The molecule has 6 nitrogen and oxygen atoms in total. The van der Waals surface area contributed by atoms with E-state index in [9.17, 15) is 4.79 Å². The Kier molecular flexibility index (Phi) is 7.15. The van der Waals surface area contributed by atoms with Crippen molar-refractivity contribution in [3.8, 4) is 11.5 Å².